The van der Waals surface area contributed by atoms with Gasteiger partial charge in [-0.3, -0.25) is 4.55 Å². The number of ether oxygens (including phenoxy) is 1. The third-order valence-corrected chi connectivity index (χ3v) is 4.43. The lowest BCUT2D eigenvalue weighted by molar-refractivity contribution is -0.0209. The second-order valence-corrected chi connectivity index (χ2v) is 6.28. The second kappa shape index (κ2) is 5.20. The summed E-state index contributed by atoms with van der Waals surface area (Å²) in [6.45, 7) is 2.27. The van der Waals surface area contributed by atoms with Crippen LogP contribution in [0.2, 0.25) is 0 Å². The number of aryl methyl sites for hydroxylation is 1. The van der Waals surface area contributed by atoms with E-state index in [1.54, 1.807) is 12.1 Å². The predicted octanol–water partition coefficient (Wildman–Crippen LogP) is 1.63. The van der Waals surface area contributed by atoms with Gasteiger partial charge < -0.3 is 9.84 Å². The van der Waals surface area contributed by atoms with Crippen molar-refractivity contribution in [3.63, 3.8) is 0 Å². The molecule has 2 N–H and O–H groups in total. The third-order valence-electron chi connectivity index (χ3n) is 3.52. The Kier molecular flexibility index (Phi) is 3.96. The zero-order chi connectivity index (χ0) is 14.1. The Morgan fingerprint density at radius 3 is 2.68 bits per heavy atom. The van der Waals surface area contributed by atoms with E-state index < -0.39 is 15.7 Å². The van der Waals surface area contributed by atoms with Gasteiger partial charge in [0.1, 0.15) is 0 Å². The largest absolute Gasteiger partial charge is 0.396 e. The van der Waals surface area contributed by atoms with Crippen LogP contribution in [0.3, 0.4) is 0 Å². The number of benzene rings is 1. The minimum atomic E-state index is -4.31. The maximum atomic E-state index is 11.5. The van der Waals surface area contributed by atoms with E-state index in [0.717, 1.165) is 12.0 Å². The standard InChI is InChI=1S/C13H18O5S/c1-10-3-4-12(19(15,16)17)11(9-10)13(6-7-14)5-2-8-18-13/h3-4,9,14H,2,5-8H2,1H3,(H,15,16,17). The lowest BCUT2D eigenvalue weighted by atomic mass is 9.87. The van der Waals surface area contributed by atoms with Gasteiger partial charge in [0.05, 0.1) is 10.5 Å². The maximum Gasteiger partial charge on any atom is 0.294 e. The average Bonchev–Trinajstić information content (AvgIpc) is 2.77. The van der Waals surface area contributed by atoms with Gasteiger partial charge in [0, 0.05) is 25.2 Å². The first kappa shape index (κ1) is 14.5. The average molecular weight is 286 g/mol. The van der Waals surface area contributed by atoms with E-state index in [2.05, 4.69) is 0 Å². The van der Waals surface area contributed by atoms with E-state index in [0.29, 0.717) is 25.0 Å². The molecule has 1 heterocycles. The smallest absolute Gasteiger partial charge is 0.294 e. The van der Waals surface area contributed by atoms with Crippen molar-refractivity contribution in [1.82, 2.24) is 0 Å². The van der Waals surface area contributed by atoms with Crippen LogP contribution in [-0.2, 0) is 20.5 Å². The second-order valence-electron chi connectivity index (χ2n) is 4.89. The first-order chi connectivity index (χ1) is 8.89. The van der Waals surface area contributed by atoms with Crippen LogP contribution in [0.25, 0.3) is 0 Å². The molecule has 1 fully saturated rings. The lowest BCUT2D eigenvalue weighted by Crippen LogP contribution is -2.28. The Bertz CT molecular complexity index is 558. The molecular formula is C13H18O5S. The summed E-state index contributed by atoms with van der Waals surface area (Å²) in [5.41, 5.74) is 0.517. The minimum Gasteiger partial charge on any atom is -0.396 e. The van der Waals surface area contributed by atoms with Crippen LogP contribution >= 0.6 is 0 Å². The van der Waals surface area contributed by atoms with Crippen molar-refractivity contribution in [3.8, 4) is 0 Å². The molecule has 106 valence electrons. The number of hydrogen-bond donors (Lipinski definition) is 2. The topological polar surface area (TPSA) is 83.8 Å². The molecule has 1 atom stereocenters. The molecule has 1 saturated heterocycles. The summed E-state index contributed by atoms with van der Waals surface area (Å²) < 4.78 is 38.1. The molecule has 1 aliphatic heterocycles. The summed E-state index contributed by atoms with van der Waals surface area (Å²) in [4.78, 5) is -0.131. The molecule has 0 spiro atoms. The van der Waals surface area contributed by atoms with E-state index in [1.807, 2.05) is 6.92 Å². The summed E-state index contributed by atoms with van der Waals surface area (Å²) in [7, 11) is -4.31. The van der Waals surface area contributed by atoms with Crippen LogP contribution in [0.5, 0.6) is 0 Å². The fourth-order valence-electron chi connectivity index (χ4n) is 2.65. The number of hydrogen-bond acceptors (Lipinski definition) is 4. The summed E-state index contributed by atoms with van der Waals surface area (Å²) in [6.07, 6.45) is 1.76. The Morgan fingerprint density at radius 1 is 1.42 bits per heavy atom. The first-order valence-corrected chi connectivity index (χ1v) is 7.66. The Labute approximate surface area is 113 Å². The molecule has 0 saturated carbocycles. The number of aliphatic hydroxyl groups excluding tert-OH is 1. The molecule has 0 aromatic heterocycles. The maximum absolute atomic E-state index is 11.5. The number of aliphatic hydroxyl groups is 1. The lowest BCUT2D eigenvalue weighted by Gasteiger charge is -2.30. The highest BCUT2D eigenvalue weighted by molar-refractivity contribution is 7.85. The highest BCUT2D eigenvalue weighted by Gasteiger charge is 2.40. The monoisotopic (exact) mass is 286 g/mol. The van der Waals surface area contributed by atoms with Crippen LogP contribution in [-0.4, -0.2) is 31.3 Å². The number of rotatable bonds is 4. The van der Waals surface area contributed by atoms with Crippen molar-refractivity contribution in [2.24, 2.45) is 0 Å². The van der Waals surface area contributed by atoms with E-state index in [1.165, 1.54) is 6.07 Å². The first-order valence-electron chi connectivity index (χ1n) is 6.22. The molecule has 1 aromatic carbocycles. The molecule has 1 aliphatic rings. The van der Waals surface area contributed by atoms with Crippen molar-refractivity contribution >= 4 is 10.1 Å². The van der Waals surface area contributed by atoms with E-state index >= 15 is 0 Å². The van der Waals surface area contributed by atoms with E-state index in [9.17, 15) is 18.1 Å². The molecule has 1 unspecified atom stereocenters. The van der Waals surface area contributed by atoms with Crippen molar-refractivity contribution in [1.29, 1.82) is 0 Å². The van der Waals surface area contributed by atoms with Gasteiger partial charge in [0.15, 0.2) is 0 Å². The zero-order valence-corrected chi connectivity index (χ0v) is 11.6. The van der Waals surface area contributed by atoms with Gasteiger partial charge in [-0.2, -0.15) is 8.42 Å². The molecule has 0 radical (unpaired) electrons. The summed E-state index contributed by atoms with van der Waals surface area (Å²) >= 11 is 0. The molecule has 0 bridgehead atoms. The molecule has 5 nitrogen and oxygen atoms in total. The molecule has 6 heteroatoms. The summed E-state index contributed by atoms with van der Waals surface area (Å²) in [5.74, 6) is 0. The molecule has 19 heavy (non-hydrogen) atoms. The van der Waals surface area contributed by atoms with Crippen LogP contribution in [0, 0.1) is 6.92 Å². The van der Waals surface area contributed by atoms with Crippen molar-refractivity contribution in [3.05, 3.63) is 29.3 Å². The highest BCUT2D eigenvalue weighted by Crippen LogP contribution is 2.42. The third kappa shape index (κ3) is 2.81. The molecular weight excluding hydrogens is 268 g/mol. The van der Waals surface area contributed by atoms with Crippen LogP contribution in [0.4, 0.5) is 0 Å². The normalized spacial score (nSPS) is 23.7. The van der Waals surface area contributed by atoms with Gasteiger partial charge in [-0.05, 0) is 25.8 Å². The molecule has 0 aliphatic carbocycles. The van der Waals surface area contributed by atoms with E-state index in [-0.39, 0.29) is 11.5 Å². The van der Waals surface area contributed by atoms with Crippen LogP contribution in [0.15, 0.2) is 23.1 Å². The summed E-state index contributed by atoms with van der Waals surface area (Å²) in [5, 5.41) is 9.22. The van der Waals surface area contributed by atoms with Gasteiger partial charge in [-0.15, -0.1) is 0 Å². The van der Waals surface area contributed by atoms with Crippen molar-refractivity contribution in [2.45, 2.75) is 36.7 Å². The Hall–Kier alpha value is -0.950. The van der Waals surface area contributed by atoms with Crippen molar-refractivity contribution < 1.29 is 22.8 Å². The summed E-state index contributed by atoms with van der Waals surface area (Å²) in [6, 6.07) is 4.74. The molecule has 0 amide bonds. The fourth-order valence-corrected chi connectivity index (χ4v) is 3.41. The Balaban J connectivity index is 2.62. The van der Waals surface area contributed by atoms with Gasteiger partial charge in [0.25, 0.3) is 10.1 Å². The quantitative estimate of drug-likeness (QED) is 0.822. The van der Waals surface area contributed by atoms with Gasteiger partial charge in [0.2, 0.25) is 0 Å². The van der Waals surface area contributed by atoms with Crippen molar-refractivity contribution in [2.75, 3.05) is 13.2 Å². The van der Waals surface area contributed by atoms with Crippen LogP contribution in [0.1, 0.15) is 30.4 Å². The fraction of sp³-hybridized carbons (Fsp3) is 0.538. The highest BCUT2D eigenvalue weighted by atomic mass is 32.2. The molecule has 2 rings (SSSR count). The van der Waals surface area contributed by atoms with Gasteiger partial charge in [-0.1, -0.05) is 17.7 Å². The van der Waals surface area contributed by atoms with Gasteiger partial charge >= 0.3 is 0 Å². The van der Waals surface area contributed by atoms with E-state index in [4.69, 9.17) is 4.74 Å². The van der Waals surface area contributed by atoms with Gasteiger partial charge in [-0.25, -0.2) is 0 Å². The predicted molar refractivity (Wildman–Crippen MR) is 69.6 cm³/mol. The zero-order valence-electron chi connectivity index (χ0n) is 10.8. The molecule has 1 aromatic rings. The Morgan fingerprint density at radius 2 is 2.16 bits per heavy atom. The van der Waals surface area contributed by atoms with Crippen LogP contribution < -0.4 is 0 Å². The SMILES string of the molecule is Cc1ccc(S(=O)(=O)O)c(C2(CCO)CCCO2)c1. The minimum absolute atomic E-state index is 0.0984.